The molecule has 1 unspecified atom stereocenters. The molecule has 0 saturated heterocycles. The summed E-state index contributed by atoms with van der Waals surface area (Å²) in [6.45, 7) is 4.02. The monoisotopic (exact) mass is 546 g/mol. The number of nitrogens with zero attached hydrogens (tertiary/aromatic N) is 2. The fourth-order valence-electron chi connectivity index (χ4n) is 4.84. The van der Waals surface area contributed by atoms with Crippen LogP contribution in [0.2, 0.25) is 5.02 Å². The molecule has 0 amide bonds. The van der Waals surface area contributed by atoms with Crippen LogP contribution in [0.4, 0.5) is 0 Å². The van der Waals surface area contributed by atoms with Gasteiger partial charge in [-0.2, -0.15) is 0 Å². The Morgan fingerprint density at radius 1 is 1.11 bits per heavy atom. The highest BCUT2D eigenvalue weighted by atomic mass is 35.5. The third kappa shape index (κ3) is 4.68. The van der Waals surface area contributed by atoms with Gasteiger partial charge in [0.2, 0.25) is 0 Å². The van der Waals surface area contributed by atoms with Crippen LogP contribution in [0.25, 0.3) is 16.8 Å². The van der Waals surface area contributed by atoms with Gasteiger partial charge in [0.25, 0.3) is 5.56 Å². The van der Waals surface area contributed by atoms with Gasteiger partial charge < -0.3 is 9.47 Å². The van der Waals surface area contributed by atoms with Crippen LogP contribution in [0, 0.1) is 0 Å². The van der Waals surface area contributed by atoms with Crippen LogP contribution < -0.4 is 19.6 Å². The Labute approximate surface area is 229 Å². The second-order valence-electron chi connectivity index (χ2n) is 8.87. The van der Waals surface area contributed by atoms with E-state index in [0.29, 0.717) is 37.8 Å². The summed E-state index contributed by atoms with van der Waals surface area (Å²) in [6.07, 6.45) is 3.17. The Morgan fingerprint density at radius 2 is 1.87 bits per heavy atom. The van der Waals surface area contributed by atoms with Crippen molar-refractivity contribution in [1.29, 1.82) is 0 Å². The molecule has 0 fully saturated rings. The molecular formula is C30H27ClN2O4S. The van der Waals surface area contributed by atoms with Crippen LogP contribution in [0.5, 0.6) is 5.75 Å². The molecule has 194 valence electrons. The van der Waals surface area contributed by atoms with Gasteiger partial charge in [0.15, 0.2) is 4.80 Å². The zero-order chi connectivity index (χ0) is 26.8. The fraction of sp³-hybridized carbons (Fsp3) is 0.233. The lowest BCUT2D eigenvalue weighted by molar-refractivity contribution is -0.139. The molecule has 1 atom stereocenters. The third-order valence-electron chi connectivity index (χ3n) is 6.48. The molecule has 4 aromatic rings. The number of fused-ring (bicyclic) bond motifs is 2. The molecule has 5 rings (SSSR count). The molecule has 0 saturated carbocycles. The first-order chi connectivity index (χ1) is 18.5. The lowest BCUT2D eigenvalue weighted by atomic mass is 9.90. The molecule has 3 aromatic carbocycles. The maximum atomic E-state index is 14.0. The number of aromatic nitrogens is 1. The highest BCUT2D eigenvalue weighted by Gasteiger charge is 2.37. The van der Waals surface area contributed by atoms with Gasteiger partial charge in [-0.1, -0.05) is 78.7 Å². The highest BCUT2D eigenvalue weighted by molar-refractivity contribution is 7.07. The quantitative estimate of drug-likeness (QED) is 0.291. The summed E-state index contributed by atoms with van der Waals surface area (Å²) in [5.41, 5.74) is 2.34. The number of methoxy groups -OCH3 is 1. The second kappa shape index (κ2) is 11.0. The van der Waals surface area contributed by atoms with Crippen molar-refractivity contribution >= 4 is 45.8 Å². The minimum absolute atomic E-state index is 0.210. The van der Waals surface area contributed by atoms with Crippen LogP contribution in [0.15, 0.2) is 81.7 Å². The number of carbonyl (C=O) groups is 1. The number of esters is 1. The summed E-state index contributed by atoms with van der Waals surface area (Å²) in [6, 6.07) is 18.3. The first kappa shape index (κ1) is 25.9. The number of allylic oxidation sites excluding steroid dienone is 1. The predicted molar refractivity (Wildman–Crippen MR) is 152 cm³/mol. The number of ether oxygens (including phenoxy) is 2. The second-order valence-corrected chi connectivity index (χ2v) is 10.3. The molecular weight excluding hydrogens is 520 g/mol. The summed E-state index contributed by atoms with van der Waals surface area (Å²) >= 11 is 7.36. The Morgan fingerprint density at radius 3 is 2.58 bits per heavy atom. The Hall–Kier alpha value is -3.68. The molecule has 8 heteroatoms. The van der Waals surface area contributed by atoms with Crippen molar-refractivity contribution in [3.63, 3.8) is 0 Å². The van der Waals surface area contributed by atoms with Crippen LogP contribution >= 0.6 is 22.9 Å². The average molecular weight is 547 g/mol. The number of carbonyl (C=O) groups excluding carboxylic acids is 1. The molecule has 0 spiro atoms. The number of hydrogen-bond donors (Lipinski definition) is 0. The largest absolute Gasteiger partial charge is 0.496 e. The normalized spacial score (nSPS) is 15.4. The number of hydrogen-bond acceptors (Lipinski definition) is 6. The Balaban J connectivity index is 1.87. The van der Waals surface area contributed by atoms with Crippen LogP contribution in [-0.2, 0) is 9.53 Å². The fourth-order valence-corrected chi connectivity index (χ4v) is 5.99. The van der Waals surface area contributed by atoms with E-state index < -0.39 is 12.0 Å². The molecule has 6 nitrogen and oxygen atoms in total. The van der Waals surface area contributed by atoms with E-state index in [2.05, 4.69) is 0 Å². The molecule has 0 N–H and O–H groups in total. The standard InChI is InChI=1S/C30H27ClN2O4S/c1-4-8-22-26(29(35)37-5-2)27(25-21-10-7-6-9-19(21)13-16-23(25)36-3)33-28(34)24(38-30(33)32-22)17-18-11-14-20(31)15-12-18/h6-7,9-17,27H,4-5,8H2,1-3H3/b24-17-. The van der Waals surface area contributed by atoms with Gasteiger partial charge in [-0.3, -0.25) is 9.36 Å². The maximum Gasteiger partial charge on any atom is 0.338 e. The van der Waals surface area contributed by atoms with Crippen molar-refractivity contribution in [3.8, 4) is 5.75 Å². The van der Waals surface area contributed by atoms with Crippen LogP contribution in [0.3, 0.4) is 0 Å². The van der Waals surface area contributed by atoms with E-state index in [1.54, 1.807) is 30.7 Å². The van der Waals surface area contributed by atoms with Gasteiger partial charge >= 0.3 is 5.97 Å². The molecule has 1 aromatic heterocycles. The van der Waals surface area contributed by atoms with Crippen molar-refractivity contribution in [2.75, 3.05) is 13.7 Å². The van der Waals surface area contributed by atoms with Gasteiger partial charge in [-0.15, -0.1) is 0 Å². The summed E-state index contributed by atoms with van der Waals surface area (Å²) in [5.74, 6) is 0.104. The van der Waals surface area contributed by atoms with E-state index in [1.165, 1.54) is 11.3 Å². The maximum absolute atomic E-state index is 14.0. The first-order valence-corrected chi connectivity index (χ1v) is 13.7. The zero-order valence-electron chi connectivity index (χ0n) is 21.4. The number of rotatable bonds is 7. The molecule has 1 aliphatic heterocycles. The zero-order valence-corrected chi connectivity index (χ0v) is 22.9. The van der Waals surface area contributed by atoms with Gasteiger partial charge in [0.05, 0.1) is 29.5 Å². The Bertz CT molecular complexity index is 1730. The van der Waals surface area contributed by atoms with Crippen molar-refractivity contribution in [3.05, 3.63) is 108 Å². The van der Waals surface area contributed by atoms with Crippen molar-refractivity contribution < 1.29 is 14.3 Å². The molecule has 0 radical (unpaired) electrons. The molecule has 1 aliphatic rings. The molecule has 38 heavy (non-hydrogen) atoms. The van der Waals surface area contributed by atoms with E-state index in [1.807, 2.05) is 61.5 Å². The lowest BCUT2D eigenvalue weighted by Gasteiger charge is -2.28. The average Bonchev–Trinajstić information content (AvgIpc) is 3.23. The van der Waals surface area contributed by atoms with Gasteiger partial charge in [0, 0.05) is 10.6 Å². The lowest BCUT2D eigenvalue weighted by Crippen LogP contribution is -2.40. The minimum Gasteiger partial charge on any atom is -0.496 e. The van der Waals surface area contributed by atoms with Crippen LogP contribution in [0.1, 0.15) is 43.9 Å². The molecule has 0 bridgehead atoms. The predicted octanol–water partition coefficient (Wildman–Crippen LogP) is 5.39. The number of benzene rings is 3. The topological polar surface area (TPSA) is 69.9 Å². The van der Waals surface area contributed by atoms with Gasteiger partial charge in [-0.05, 0) is 54.0 Å². The van der Waals surface area contributed by atoms with E-state index in [-0.39, 0.29) is 12.2 Å². The van der Waals surface area contributed by atoms with Crippen molar-refractivity contribution in [1.82, 2.24) is 4.57 Å². The highest BCUT2D eigenvalue weighted by Crippen LogP contribution is 2.41. The Kier molecular flexibility index (Phi) is 7.49. The van der Waals surface area contributed by atoms with E-state index >= 15 is 0 Å². The van der Waals surface area contributed by atoms with E-state index in [4.69, 9.17) is 26.1 Å². The van der Waals surface area contributed by atoms with E-state index in [0.717, 1.165) is 28.3 Å². The van der Waals surface area contributed by atoms with E-state index in [9.17, 15) is 9.59 Å². The van der Waals surface area contributed by atoms with Crippen molar-refractivity contribution in [2.45, 2.75) is 32.7 Å². The van der Waals surface area contributed by atoms with Crippen molar-refractivity contribution in [2.24, 2.45) is 4.99 Å². The first-order valence-electron chi connectivity index (χ1n) is 12.5. The van der Waals surface area contributed by atoms with Crippen LogP contribution in [-0.4, -0.2) is 24.3 Å². The van der Waals surface area contributed by atoms with Gasteiger partial charge in [0.1, 0.15) is 11.8 Å². The number of halogens is 1. The minimum atomic E-state index is -0.764. The third-order valence-corrected chi connectivity index (χ3v) is 7.72. The number of thiazole rings is 1. The SMILES string of the molecule is CCCC1=C(C(=O)OCC)C(c2c(OC)ccc3ccccc23)n2c(s/c(=C\c3ccc(Cl)cc3)c2=O)=N1. The smallest absolute Gasteiger partial charge is 0.338 e. The van der Waals surface area contributed by atoms with Gasteiger partial charge in [-0.25, -0.2) is 9.79 Å². The molecule has 0 aliphatic carbocycles. The molecule has 2 heterocycles. The summed E-state index contributed by atoms with van der Waals surface area (Å²) in [5, 5.41) is 2.49. The summed E-state index contributed by atoms with van der Waals surface area (Å²) in [7, 11) is 1.60. The summed E-state index contributed by atoms with van der Waals surface area (Å²) in [4.78, 5) is 33.0. The summed E-state index contributed by atoms with van der Waals surface area (Å²) < 4.78 is 13.5.